The van der Waals surface area contributed by atoms with Crippen molar-refractivity contribution >= 4 is 23.6 Å². The highest BCUT2D eigenvalue weighted by Crippen LogP contribution is 2.31. The number of urea groups is 1. The van der Waals surface area contributed by atoms with Gasteiger partial charge >= 0.3 is 12.2 Å². The third-order valence-corrected chi connectivity index (χ3v) is 4.89. The van der Waals surface area contributed by atoms with Crippen LogP contribution < -0.4 is 15.5 Å². The van der Waals surface area contributed by atoms with E-state index in [1.165, 1.54) is 12.1 Å². The summed E-state index contributed by atoms with van der Waals surface area (Å²) >= 11 is 0. The number of carbonyl (C=O) groups excluding carboxylic acids is 2. The van der Waals surface area contributed by atoms with E-state index in [1.807, 2.05) is 9.80 Å². The number of hydrogen-bond donors (Lipinski definition) is 2. The van der Waals surface area contributed by atoms with E-state index in [0.717, 1.165) is 11.0 Å². The summed E-state index contributed by atoms with van der Waals surface area (Å²) in [6, 6.07) is 4.93. The van der Waals surface area contributed by atoms with Crippen molar-refractivity contribution in [3.8, 4) is 0 Å². The summed E-state index contributed by atoms with van der Waals surface area (Å²) < 4.78 is 38.8. The fraction of sp³-hybridized carbons (Fsp3) is 0.500. The molecule has 29 heavy (non-hydrogen) atoms. The minimum absolute atomic E-state index is 0.0189. The first-order chi connectivity index (χ1) is 13.8. The highest BCUT2D eigenvalue weighted by atomic mass is 19.4. The number of hydrogen-bond acceptors (Lipinski definition) is 4. The Balaban J connectivity index is 1.51. The first kappa shape index (κ1) is 20.7. The Bertz CT molecular complexity index is 774. The average molecular weight is 412 g/mol. The number of nitrogens with zero attached hydrogens (tertiary/aromatic N) is 4. The Labute approximate surface area is 166 Å². The van der Waals surface area contributed by atoms with E-state index in [9.17, 15) is 22.8 Å². The Morgan fingerprint density at radius 3 is 2.52 bits per heavy atom. The van der Waals surface area contributed by atoms with Gasteiger partial charge in [-0.15, -0.1) is 0 Å². The lowest BCUT2D eigenvalue weighted by Gasteiger charge is -2.38. The molecule has 0 atom stereocenters. The molecule has 0 unspecified atom stereocenters. The number of carbonyl (C=O) groups is 2. The highest BCUT2D eigenvalue weighted by molar-refractivity contribution is 6.01. The van der Waals surface area contributed by atoms with Crippen LogP contribution in [0.5, 0.6) is 0 Å². The second kappa shape index (κ2) is 8.58. The monoisotopic (exact) mass is 412 g/mol. The molecular weight excluding hydrogens is 389 g/mol. The minimum Gasteiger partial charge on any atom is -0.368 e. The van der Waals surface area contributed by atoms with Gasteiger partial charge in [0.25, 0.3) is 0 Å². The molecule has 3 rings (SSSR count). The minimum atomic E-state index is -4.36. The van der Waals surface area contributed by atoms with Crippen LogP contribution in [0.25, 0.3) is 0 Å². The predicted octanol–water partition coefficient (Wildman–Crippen LogP) is 0.955. The molecule has 0 aromatic heterocycles. The van der Waals surface area contributed by atoms with Gasteiger partial charge < -0.3 is 20.4 Å². The zero-order valence-electron chi connectivity index (χ0n) is 16.0. The molecule has 2 fully saturated rings. The van der Waals surface area contributed by atoms with E-state index in [-0.39, 0.29) is 19.0 Å². The van der Waals surface area contributed by atoms with Crippen LogP contribution >= 0.6 is 0 Å². The fourth-order valence-electron chi connectivity index (χ4n) is 3.35. The summed E-state index contributed by atoms with van der Waals surface area (Å²) in [6.45, 7) is 2.88. The van der Waals surface area contributed by atoms with E-state index in [0.29, 0.717) is 44.4 Å². The third-order valence-electron chi connectivity index (χ3n) is 4.89. The topological polar surface area (TPSA) is 80.3 Å². The normalized spacial score (nSPS) is 18.3. The SMILES string of the molecule is CN=C(NCCN1C(=O)CNC1=O)N1CCN(c2cccc(C(F)(F)F)c2)CC1. The Morgan fingerprint density at radius 2 is 1.93 bits per heavy atom. The lowest BCUT2D eigenvalue weighted by molar-refractivity contribution is -0.137. The molecule has 0 saturated carbocycles. The number of guanidine groups is 1. The van der Waals surface area contributed by atoms with Gasteiger partial charge in [-0.25, -0.2) is 4.79 Å². The number of halogens is 3. The first-order valence-corrected chi connectivity index (χ1v) is 9.25. The molecule has 0 aliphatic carbocycles. The summed E-state index contributed by atoms with van der Waals surface area (Å²) in [5.74, 6) is 0.363. The van der Waals surface area contributed by atoms with E-state index >= 15 is 0 Å². The van der Waals surface area contributed by atoms with Crippen LogP contribution in [-0.2, 0) is 11.0 Å². The number of rotatable bonds is 4. The fourth-order valence-corrected chi connectivity index (χ4v) is 3.35. The standard InChI is InChI=1S/C18H23F3N6O2/c1-22-16(23-5-6-27-15(28)12-24-17(27)29)26-9-7-25(8-10-26)14-4-2-3-13(11-14)18(19,20)21/h2-4,11H,5-10,12H2,1H3,(H,22,23)(H,24,29). The van der Waals surface area contributed by atoms with Crippen molar-refractivity contribution in [3.05, 3.63) is 29.8 Å². The molecule has 8 nitrogen and oxygen atoms in total. The Kier molecular flexibility index (Phi) is 6.14. The van der Waals surface area contributed by atoms with Crippen LogP contribution in [0.3, 0.4) is 0 Å². The number of imide groups is 1. The van der Waals surface area contributed by atoms with Crippen LogP contribution in [0.2, 0.25) is 0 Å². The maximum Gasteiger partial charge on any atom is 0.416 e. The van der Waals surface area contributed by atoms with Crippen molar-refractivity contribution in [1.82, 2.24) is 20.4 Å². The van der Waals surface area contributed by atoms with E-state index in [2.05, 4.69) is 15.6 Å². The molecule has 11 heteroatoms. The van der Waals surface area contributed by atoms with Crippen molar-refractivity contribution < 1.29 is 22.8 Å². The highest BCUT2D eigenvalue weighted by Gasteiger charge is 2.31. The average Bonchev–Trinajstić information content (AvgIpc) is 3.03. The zero-order valence-corrected chi connectivity index (χ0v) is 16.0. The second-order valence-corrected chi connectivity index (χ2v) is 6.70. The lowest BCUT2D eigenvalue weighted by Crippen LogP contribution is -2.53. The second-order valence-electron chi connectivity index (χ2n) is 6.70. The molecule has 2 aliphatic rings. The van der Waals surface area contributed by atoms with Gasteiger partial charge in [-0.05, 0) is 18.2 Å². The number of nitrogens with one attached hydrogen (secondary N) is 2. The molecule has 3 amide bonds. The number of benzene rings is 1. The zero-order chi connectivity index (χ0) is 21.0. The molecule has 2 saturated heterocycles. The van der Waals surface area contributed by atoms with Gasteiger partial charge in [0.15, 0.2) is 5.96 Å². The summed E-state index contributed by atoms with van der Waals surface area (Å²) in [5.41, 5.74) is -0.114. The van der Waals surface area contributed by atoms with Crippen LogP contribution in [0, 0.1) is 0 Å². The number of piperazine rings is 1. The molecule has 2 heterocycles. The summed E-state index contributed by atoms with van der Waals surface area (Å²) in [7, 11) is 1.63. The van der Waals surface area contributed by atoms with Gasteiger partial charge in [-0.3, -0.25) is 14.7 Å². The molecule has 0 bridgehead atoms. The number of alkyl halides is 3. The number of amides is 3. The molecule has 2 N–H and O–H groups in total. The first-order valence-electron chi connectivity index (χ1n) is 9.25. The van der Waals surface area contributed by atoms with Gasteiger partial charge in [0.1, 0.15) is 0 Å². The molecule has 2 aliphatic heterocycles. The van der Waals surface area contributed by atoms with Crippen LogP contribution in [0.1, 0.15) is 5.56 Å². The van der Waals surface area contributed by atoms with Crippen molar-refractivity contribution in [2.75, 3.05) is 57.8 Å². The van der Waals surface area contributed by atoms with Crippen molar-refractivity contribution in [1.29, 1.82) is 0 Å². The van der Waals surface area contributed by atoms with Gasteiger partial charge in [-0.1, -0.05) is 6.07 Å². The summed E-state index contributed by atoms with van der Waals surface area (Å²) in [4.78, 5) is 32.4. The Hall–Kier alpha value is -2.98. The van der Waals surface area contributed by atoms with Crippen molar-refractivity contribution in [2.24, 2.45) is 4.99 Å². The molecule has 1 aromatic rings. The molecule has 1 aromatic carbocycles. The van der Waals surface area contributed by atoms with Gasteiger partial charge in [-0.2, -0.15) is 13.2 Å². The number of aliphatic imine (C=N–C) groups is 1. The van der Waals surface area contributed by atoms with Gasteiger partial charge in [0.05, 0.1) is 12.1 Å². The maximum atomic E-state index is 12.9. The molecular formula is C18H23F3N6O2. The molecule has 0 spiro atoms. The summed E-state index contributed by atoms with van der Waals surface area (Å²) in [6.07, 6.45) is -4.36. The smallest absolute Gasteiger partial charge is 0.368 e. The van der Waals surface area contributed by atoms with Crippen molar-refractivity contribution in [3.63, 3.8) is 0 Å². The van der Waals surface area contributed by atoms with Crippen molar-refractivity contribution in [2.45, 2.75) is 6.18 Å². The van der Waals surface area contributed by atoms with Gasteiger partial charge in [0, 0.05) is 52.0 Å². The van der Waals surface area contributed by atoms with E-state index < -0.39 is 17.8 Å². The van der Waals surface area contributed by atoms with Crippen LogP contribution in [0.15, 0.2) is 29.3 Å². The molecule has 158 valence electrons. The summed E-state index contributed by atoms with van der Waals surface area (Å²) in [5, 5.41) is 5.59. The van der Waals surface area contributed by atoms with Crippen LogP contribution in [0.4, 0.5) is 23.7 Å². The third kappa shape index (κ3) is 4.90. The lowest BCUT2D eigenvalue weighted by atomic mass is 10.1. The number of anilines is 1. The predicted molar refractivity (Wildman–Crippen MR) is 102 cm³/mol. The van der Waals surface area contributed by atoms with E-state index in [4.69, 9.17) is 0 Å². The molecule has 0 radical (unpaired) electrons. The Morgan fingerprint density at radius 1 is 1.21 bits per heavy atom. The largest absolute Gasteiger partial charge is 0.416 e. The quantitative estimate of drug-likeness (QED) is 0.438. The maximum absolute atomic E-state index is 12.9. The van der Waals surface area contributed by atoms with Gasteiger partial charge in [0.2, 0.25) is 5.91 Å². The van der Waals surface area contributed by atoms with Crippen LogP contribution in [-0.4, -0.2) is 80.6 Å². The van der Waals surface area contributed by atoms with E-state index in [1.54, 1.807) is 13.1 Å².